The lowest BCUT2D eigenvalue weighted by Crippen LogP contribution is -2.09. The first-order valence-corrected chi connectivity index (χ1v) is 10.7. The molecular weight excluding hydrogens is 266 g/mol. The van der Waals surface area contributed by atoms with E-state index in [1.54, 1.807) is 5.31 Å². The first kappa shape index (κ1) is 17.4. The summed E-state index contributed by atoms with van der Waals surface area (Å²) in [5.74, 6) is 0. The smallest absolute Gasteiger partial charge is 0.00831 e. The quantitative estimate of drug-likeness (QED) is 0.475. The minimum absolute atomic E-state index is 0.00794. The third-order valence-electron chi connectivity index (χ3n) is 3.70. The Morgan fingerprint density at radius 2 is 1.16 bits per heavy atom. The molecule has 1 aliphatic carbocycles. The van der Waals surface area contributed by atoms with Crippen molar-refractivity contribution in [3.05, 3.63) is 22.8 Å². The van der Waals surface area contributed by atoms with E-state index in [9.17, 15) is 0 Å². The first-order chi connectivity index (χ1) is 8.77. The van der Waals surface area contributed by atoms with Crippen LogP contribution in [0.25, 0.3) is 0 Å². The Morgan fingerprint density at radius 3 is 1.53 bits per heavy atom. The van der Waals surface area contributed by atoms with Crippen LogP contribution >= 0.6 is 15.8 Å². The Morgan fingerprint density at radius 1 is 0.737 bits per heavy atom. The second kappa shape index (κ2) is 7.38. The van der Waals surface area contributed by atoms with Crippen molar-refractivity contribution in [2.24, 2.45) is 0 Å². The maximum Gasteiger partial charge on any atom is -0.00831 e. The third kappa shape index (κ3) is 4.15. The molecule has 0 aromatic heterocycles. The van der Waals surface area contributed by atoms with Crippen LogP contribution in [0.5, 0.6) is 0 Å². The molecule has 0 nitrogen and oxygen atoms in total. The maximum atomic E-state index is 2.47. The van der Waals surface area contributed by atoms with Gasteiger partial charge < -0.3 is 0 Å². The molecule has 0 saturated carbocycles. The molecule has 0 bridgehead atoms. The zero-order valence-electron chi connectivity index (χ0n) is 14.1. The molecule has 0 atom stereocenters. The van der Waals surface area contributed by atoms with Crippen molar-refractivity contribution in [2.75, 3.05) is 0 Å². The van der Waals surface area contributed by atoms with Crippen LogP contribution in [0.1, 0.15) is 61.8 Å². The highest BCUT2D eigenvalue weighted by molar-refractivity contribution is 7.67. The summed E-state index contributed by atoms with van der Waals surface area (Å²) in [6.45, 7) is 19.3. The summed E-state index contributed by atoms with van der Waals surface area (Å²) in [5, 5.41) is 3.59. The highest BCUT2D eigenvalue weighted by atomic mass is 31.1. The molecule has 110 valence electrons. The van der Waals surface area contributed by atoms with Crippen molar-refractivity contribution in [3.8, 4) is 0 Å². The Hall–Kier alpha value is 0.340. The molecule has 0 aromatic rings. The van der Waals surface area contributed by atoms with E-state index in [1.165, 1.54) is 6.42 Å². The van der Waals surface area contributed by atoms with Gasteiger partial charge in [-0.2, -0.15) is 0 Å². The van der Waals surface area contributed by atoms with Gasteiger partial charge >= 0.3 is 0 Å². The van der Waals surface area contributed by atoms with Crippen LogP contribution in [0, 0.1) is 0 Å². The summed E-state index contributed by atoms with van der Waals surface area (Å²) in [6, 6.07) is 0. The number of allylic oxidation sites excluding steroid dienone is 4. The van der Waals surface area contributed by atoms with Crippen LogP contribution in [-0.4, -0.2) is 22.6 Å². The van der Waals surface area contributed by atoms with Crippen molar-refractivity contribution in [1.82, 2.24) is 0 Å². The fraction of sp³-hybridized carbons (Fsp3) is 0.765. The second-order valence-corrected chi connectivity index (χ2v) is 13.4. The van der Waals surface area contributed by atoms with Gasteiger partial charge in [0, 0.05) is 0 Å². The van der Waals surface area contributed by atoms with Gasteiger partial charge in [-0.15, -0.1) is 0 Å². The van der Waals surface area contributed by atoms with Gasteiger partial charge in [-0.25, -0.2) is 0 Å². The molecule has 0 spiro atoms. The monoisotopic (exact) mass is 298 g/mol. The van der Waals surface area contributed by atoms with Crippen LogP contribution in [0.15, 0.2) is 22.8 Å². The molecule has 1 aliphatic rings. The molecular formula is C17H32P2. The van der Waals surface area contributed by atoms with Gasteiger partial charge in [-0.1, -0.05) is 83.4 Å². The Bertz CT molecular complexity index is 332. The number of rotatable bonds is 6. The van der Waals surface area contributed by atoms with E-state index < -0.39 is 0 Å². The average Bonchev–Trinajstić information content (AvgIpc) is 2.64. The average molecular weight is 298 g/mol. The fourth-order valence-corrected chi connectivity index (χ4v) is 10.1. The largest absolute Gasteiger partial charge is 0.0794 e. The van der Waals surface area contributed by atoms with Crippen LogP contribution in [-0.2, 0) is 0 Å². The lowest BCUT2D eigenvalue weighted by Gasteiger charge is -2.33. The molecule has 0 amide bonds. The minimum Gasteiger partial charge on any atom is -0.0794 e. The number of hydrogen-bond acceptors (Lipinski definition) is 0. The molecule has 0 unspecified atom stereocenters. The fourth-order valence-electron chi connectivity index (χ4n) is 3.33. The SMILES string of the molecule is CC(C)P(C1=C(P(C(C)C)C(C)C)CC=C1)C(C)C. The predicted octanol–water partition coefficient (Wildman–Crippen LogP) is 6.76. The van der Waals surface area contributed by atoms with E-state index in [4.69, 9.17) is 0 Å². The Kier molecular flexibility index (Phi) is 6.75. The minimum atomic E-state index is 0.00794. The molecule has 0 N–H and O–H groups in total. The van der Waals surface area contributed by atoms with Crippen LogP contribution in [0.3, 0.4) is 0 Å². The standard InChI is InChI=1S/C17H32P2/c1-12(2)18(13(3)4)16-10-9-11-17(16)19(14(5)6)15(7)8/h9-10,12-15H,11H2,1-8H3. The molecule has 2 heteroatoms. The summed E-state index contributed by atoms with van der Waals surface area (Å²) in [5.41, 5.74) is 3.24. The lowest BCUT2D eigenvalue weighted by atomic mass is 10.5. The van der Waals surface area contributed by atoms with E-state index in [1.807, 2.05) is 5.31 Å². The van der Waals surface area contributed by atoms with Crippen molar-refractivity contribution in [1.29, 1.82) is 0 Å². The highest BCUT2D eigenvalue weighted by Crippen LogP contribution is 2.65. The normalized spacial score (nSPS) is 16.5. The first-order valence-electron chi connectivity index (χ1n) is 7.73. The molecule has 0 heterocycles. The van der Waals surface area contributed by atoms with E-state index in [-0.39, 0.29) is 15.8 Å². The summed E-state index contributed by atoms with van der Waals surface area (Å²) in [7, 11) is 0.0402. The zero-order valence-corrected chi connectivity index (χ0v) is 15.9. The Balaban J connectivity index is 3.18. The molecule has 0 radical (unpaired) electrons. The summed E-state index contributed by atoms with van der Waals surface area (Å²) in [6.07, 6.45) is 6.13. The van der Waals surface area contributed by atoms with Gasteiger partial charge in [-0.3, -0.25) is 0 Å². The molecule has 0 aromatic carbocycles. The van der Waals surface area contributed by atoms with E-state index >= 15 is 0 Å². The highest BCUT2D eigenvalue weighted by Gasteiger charge is 2.30. The van der Waals surface area contributed by atoms with Crippen LogP contribution in [0.4, 0.5) is 0 Å². The van der Waals surface area contributed by atoms with Gasteiger partial charge in [-0.05, 0) is 39.7 Å². The molecule has 1 rings (SSSR count). The van der Waals surface area contributed by atoms with Crippen LogP contribution < -0.4 is 0 Å². The van der Waals surface area contributed by atoms with Crippen molar-refractivity contribution in [2.45, 2.75) is 84.4 Å². The summed E-state index contributed by atoms with van der Waals surface area (Å²) >= 11 is 0. The predicted molar refractivity (Wildman–Crippen MR) is 95.2 cm³/mol. The second-order valence-electron chi connectivity index (χ2n) is 6.63. The zero-order chi connectivity index (χ0) is 14.7. The van der Waals surface area contributed by atoms with Crippen molar-refractivity contribution < 1.29 is 0 Å². The van der Waals surface area contributed by atoms with E-state index in [2.05, 4.69) is 67.5 Å². The summed E-state index contributed by atoms with van der Waals surface area (Å²) in [4.78, 5) is 0. The number of hydrogen-bond donors (Lipinski definition) is 0. The molecule has 0 aliphatic heterocycles. The van der Waals surface area contributed by atoms with Crippen LogP contribution in [0.2, 0.25) is 0 Å². The van der Waals surface area contributed by atoms with Crippen molar-refractivity contribution in [3.63, 3.8) is 0 Å². The molecule has 19 heavy (non-hydrogen) atoms. The summed E-state index contributed by atoms with van der Waals surface area (Å²) < 4.78 is 0. The maximum absolute atomic E-state index is 2.47. The van der Waals surface area contributed by atoms with E-state index in [0.717, 1.165) is 22.6 Å². The van der Waals surface area contributed by atoms with Gasteiger partial charge in [0.05, 0.1) is 0 Å². The Labute approximate surface area is 123 Å². The van der Waals surface area contributed by atoms with Gasteiger partial charge in [0.2, 0.25) is 0 Å². The van der Waals surface area contributed by atoms with E-state index in [0.29, 0.717) is 0 Å². The van der Waals surface area contributed by atoms with Crippen molar-refractivity contribution >= 4 is 15.8 Å². The van der Waals surface area contributed by atoms with Gasteiger partial charge in [0.25, 0.3) is 0 Å². The molecule has 0 fully saturated rings. The van der Waals surface area contributed by atoms with Gasteiger partial charge in [0.1, 0.15) is 0 Å². The molecule has 0 saturated heterocycles. The lowest BCUT2D eigenvalue weighted by molar-refractivity contribution is 1.00. The van der Waals surface area contributed by atoms with Gasteiger partial charge in [0.15, 0.2) is 0 Å². The third-order valence-corrected chi connectivity index (χ3v) is 10.3. The topological polar surface area (TPSA) is 0 Å².